The Hall–Kier alpha value is -2.77. The Morgan fingerprint density at radius 3 is 2.73 bits per heavy atom. The van der Waals surface area contributed by atoms with Crippen molar-refractivity contribution in [1.29, 1.82) is 0 Å². The van der Waals surface area contributed by atoms with E-state index in [2.05, 4.69) is 20.3 Å². The SMILES string of the molecule is CCN1C(=O)C[C@@H](CNC(=O)c2cc(C)nc(C)n2)[C@@H]1c1nccn1C. The molecule has 8 nitrogen and oxygen atoms in total. The lowest BCUT2D eigenvalue weighted by Gasteiger charge is -2.27. The molecule has 1 N–H and O–H groups in total. The van der Waals surface area contributed by atoms with Crippen LogP contribution in [0.4, 0.5) is 0 Å². The van der Waals surface area contributed by atoms with E-state index in [-0.39, 0.29) is 23.8 Å². The van der Waals surface area contributed by atoms with E-state index in [1.165, 1.54) is 0 Å². The zero-order valence-corrected chi connectivity index (χ0v) is 15.6. The Morgan fingerprint density at radius 2 is 2.12 bits per heavy atom. The van der Waals surface area contributed by atoms with Crippen molar-refractivity contribution in [2.45, 2.75) is 33.2 Å². The van der Waals surface area contributed by atoms with Crippen LogP contribution in [0, 0.1) is 19.8 Å². The fourth-order valence-corrected chi connectivity index (χ4v) is 3.58. The van der Waals surface area contributed by atoms with Crippen LogP contribution in [0.2, 0.25) is 0 Å². The Morgan fingerprint density at radius 1 is 1.35 bits per heavy atom. The number of carbonyl (C=O) groups excluding carboxylic acids is 2. The first-order valence-electron chi connectivity index (χ1n) is 8.77. The number of rotatable bonds is 5. The van der Waals surface area contributed by atoms with E-state index in [4.69, 9.17) is 0 Å². The highest BCUT2D eigenvalue weighted by molar-refractivity contribution is 5.92. The van der Waals surface area contributed by atoms with Crippen LogP contribution in [0.15, 0.2) is 18.5 Å². The van der Waals surface area contributed by atoms with Crippen LogP contribution < -0.4 is 5.32 Å². The molecule has 1 aliphatic heterocycles. The van der Waals surface area contributed by atoms with Gasteiger partial charge in [0.2, 0.25) is 5.91 Å². The summed E-state index contributed by atoms with van der Waals surface area (Å²) in [5.41, 5.74) is 1.10. The van der Waals surface area contributed by atoms with Crippen LogP contribution in [0.1, 0.15) is 47.2 Å². The summed E-state index contributed by atoms with van der Waals surface area (Å²) in [6.07, 6.45) is 4.00. The molecule has 0 saturated carbocycles. The third kappa shape index (κ3) is 3.44. The molecular formula is C18H24N6O2. The summed E-state index contributed by atoms with van der Waals surface area (Å²) in [7, 11) is 1.92. The van der Waals surface area contributed by atoms with Crippen molar-refractivity contribution in [3.63, 3.8) is 0 Å². The van der Waals surface area contributed by atoms with Crippen LogP contribution in [0.5, 0.6) is 0 Å². The van der Waals surface area contributed by atoms with Crippen LogP contribution in [-0.4, -0.2) is 49.3 Å². The predicted molar refractivity (Wildman–Crippen MR) is 95.3 cm³/mol. The molecule has 0 spiro atoms. The van der Waals surface area contributed by atoms with E-state index in [1.807, 2.05) is 36.6 Å². The monoisotopic (exact) mass is 356 g/mol. The fourth-order valence-electron chi connectivity index (χ4n) is 3.58. The van der Waals surface area contributed by atoms with Gasteiger partial charge >= 0.3 is 0 Å². The van der Waals surface area contributed by atoms with E-state index in [1.54, 1.807) is 19.2 Å². The molecule has 0 aliphatic carbocycles. The van der Waals surface area contributed by atoms with Crippen molar-refractivity contribution >= 4 is 11.8 Å². The Kier molecular flexibility index (Phi) is 5.01. The Balaban J connectivity index is 1.76. The quantitative estimate of drug-likeness (QED) is 0.868. The normalized spacial score (nSPS) is 19.8. The van der Waals surface area contributed by atoms with Gasteiger partial charge in [-0.05, 0) is 26.8 Å². The molecule has 2 aromatic heterocycles. The highest BCUT2D eigenvalue weighted by Crippen LogP contribution is 2.36. The van der Waals surface area contributed by atoms with Crippen molar-refractivity contribution in [2.24, 2.45) is 13.0 Å². The maximum atomic E-state index is 12.5. The number of carbonyl (C=O) groups is 2. The highest BCUT2D eigenvalue weighted by Gasteiger charge is 2.41. The minimum Gasteiger partial charge on any atom is -0.350 e. The topological polar surface area (TPSA) is 93.0 Å². The van der Waals surface area contributed by atoms with Gasteiger partial charge in [0.1, 0.15) is 17.3 Å². The van der Waals surface area contributed by atoms with Crippen molar-refractivity contribution in [2.75, 3.05) is 13.1 Å². The van der Waals surface area contributed by atoms with Crippen LogP contribution >= 0.6 is 0 Å². The average molecular weight is 356 g/mol. The van der Waals surface area contributed by atoms with Gasteiger partial charge in [-0.2, -0.15) is 0 Å². The van der Waals surface area contributed by atoms with Gasteiger partial charge in [0.25, 0.3) is 5.91 Å². The highest BCUT2D eigenvalue weighted by atomic mass is 16.2. The Labute approximate surface area is 152 Å². The minimum atomic E-state index is -0.250. The first-order valence-corrected chi connectivity index (χ1v) is 8.77. The summed E-state index contributed by atoms with van der Waals surface area (Å²) in [6.45, 7) is 6.56. The standard InChI is InChI=1S/C18H24N6O2/c1-5-24-15(25)9-13(16(24)17-19-6-7-23(17)4)10-20-18(26)14-8-11(2)21-12(3)22-14/h6-8,13,16H,5,9-10H2,1-4H3,(H,20,26)/t13-,16+/m0/s1. The number of nitrogens with zero attached hydrogens (tertiary/aromatic N) is 5. The molecule has 26 heavy (non-hydrogen) atoms. The molecule has 0 radical (unpaired) electrons. The van der Waals surface area contributed by atoms with Gasteiger partial charge in [0.15, 0.2) is 0 Å². The molecule has 3 rings (SSSR count). The van der Waals surface area contributed by atoms with Crippen molar-refractivity contribution in [3.8, 4) is 0 Å². The van der Waals surface area contributed by atoms with Crippen LogP contribution in [0.3, 0.4) is 0 Å². The number of hydrogen-bond acceptors (Lipinski definition) is 5. The first kappa shape index (κ1) is 18.0. The number of amides is 2. The molecule has 8 heteroatoms. The van der Waals surface area contributed by atoms with Gasteiger partial charge in [-0.15, -0.1) is 0 Å². The molecule has 0 unspecified atom stereocenters. The largest absolute Gasteiger partial charge is 0.350 e. The molecular weight excluding hydrogens is 332 g/mol. The zero-order valence-electron chi connectivity index (χ0n) is 15.6. The van der Waals surface area contributed by atoms with E-state index in [9.17, 15) is 9.59 Å². The minimum absolute atomic E-state index is 0.0310. The predicted octanol–water partition coefficient (Wildman–Crippen LogP) is 1.17. The average Bonchev–Trinajstić information content (AvgIpc) is 3.13. The lowest BCUT2D eigenvalue weighted by Crippen LogP contribution is -2.35. The number of aryl methyl sites for hydroxylation is 3. The maximum absolute atomic E-state index is 12.5. The zero-order chi connectivity index (χ0) is 18.8. The summed E-state index contributed by atoms with van der Waals surface area (Å²) >= 11 is 0. The third-order valence-corrected chi connectivity index (χ3v) is 4.73. The van der Waals surface area contributed by atoms with Gasteiger partial charge in [-0.3, -0.25) is 9.59 Å². The maximum Gasteiger partial charge on any atom is 0.270 e. The molecule has 0 bridgehead atoms. The molecule has 1 fully saturated rings. The summed E-state index contributed by atoms with van der Waals surface area (Å²) < 4.78 is 1.93. The van der Waals surface area contributed by atoms with E-state index in [0.29, 0.717) is 31.0 Å². The van der Waals surface area contributed by atoms with Crippen molar-refractivity contribution in [3.05, 3.63) is 41.5 Å². The number of imidazole rings is 1. The van der Waals surface area contributed by atoms with Gasteiger partial charge in [0.05, 0.1) is 6.04 Å². The van der Waals surface area contributed by atoms with Crippen molar-refractivity contribution < 1.29 is 9.59 Å². The third-order valence-electron chi connectivity index (χ3n) is 4.73. The van der Waals surface area contributed by atoms with E-state index < -0.39 is 0 Å². The summed E-state index contributed by atoms with van der Waals surface area (Å²) in [6, 6.07) is 1.53. The number of aromatic nitrogens is 4. The van der Waals surface area contributed by atoms with Gasteiger partial charge in [0, 0.05) is 50.6 Å². The molecule has 1 aliphatic rings. The lowest BCUT2D eigenvalue weighted by molar-refractivity contribution is -0.128. The van der Waals surface area contributed by atoms with Gasteiger partial charge in [-0.1, -0.05) is 0 Å². The lowest BCUT2D eigenvalue weighted by atomic mass is 9.99. The molecule has 0 aromatic carbocycles. The fraction of sp³-hybridized carbons (Fsp3) is 0.500. The van der Waals surface area contributed by atoms with Crippen molar-refractivity contribution in [1.82, 2.24) is 29.7 Å². The molecule has 138 valence electrons. The second kappa shape index (κ2) is 7.23. The first-order chi connectivity index (χ1) is 12.4. The molecule has 2 atom stereocenters. The number of likely N-dealkylation sites (tertiary alicyclic amines) is 1. The molecule has 2 amide bonds. The number of hydrogen-bond donors (Lipinski definition) is 1. The second-order valence-corrected chi connectivity index (χ2v) is 6.64. The molecule has 2 aromatic rings. The van der Waals surface area contributed by atoms with E-state index >= 15 is 0 Å². The second-order valence-electron chi connectivity index (χ2n) is 6.64. The summed E-state index contributed by atoms with van der Waals surface area (Å²) in [5.74, 6) is 1.21. The Bertz CT molecular complexity index is 811. The van der Waals surface area contributed by atoms with E-state index in [0.717, 1.165) is 11.5 Å². The smallest absolute Gasteiger partial charge is 0.270 e. The summed E-state index contributed by atoms with van der Waals surface area (Å²) in [4.78, 5) is 39.5. The summed E-state index contributed by atoms with van der Waals surface area (Å²) in [5, 5.41) is 2.93. The van der Waals surface area contributed by atoms with Crippen LogP contribution in [-0.2, 0) is 11.8 Å². The number of nitrogens with one attached hydrogen (secondary N) is 1. The van der Waals surface area contributed by atoms with Crippen LogP contribution in [0.25, 0.3) is 0 Å². The van der Waals surface area contributed by atoms with Gasteiger partial charge in [-0.25, -0.2) is 15.0 Å². The molecule has 1 saturated heterocycles. The van der Waals surface area contributed by atoms with Gasteiger partial charge < -0.3 is 14.8 Å². The molecule has 3 heterocycles.